The molecule has 0 radical (unpaired) electrons. The van der Waals surface area contributed by atoms with Crippen LogP contribution in [0.25, 0.3) is 10.9 Å². The van der Waals surface area contributed by atoms with Crippen molar-refractivity contribution >= 4 is 38.3 Å². The van der Waals surface area contributed by atoms with E-state index in [1.54, 1.807) is 6.07 Å². The zero-order valence-corrected chi connectivity index (χ0v) is 14.1. The van der Waals surface area contributed by atoms with Crippen LogP contribution in [0, 0.1) is 0 Å². The Morgan fingerprint density at radius 2 is 2.05 bits per heavy atom. The molecule has 1 aromatic carbocycles. The number of nitrogens with zero attached hydrogens (tertiary/aromatic N) is 1. The van der Waals surface area contributed by atoms with Gasteiger partial charge in [-0.25, -0.2) is 4.79 Å². The predicted octanol–water partition coefficient (Wildman–Crippen LogP) is 1.91. The Labute approximate surface area is 127 Å². The van der Waals surface area contributed by atoms with Crippen molar-refractivity contribution in [3.05, 3.63) is 30.0 Å². The van der Waals surface area contributed by atoms with Crippen molar-refractivity contribution in [2.24, 2.45) is 0 Å². The summed E-state index contributed by atoms with van der Waals surface area (Å²) >= 11 is 0. The summed E-state index contributed by atoms with van der Waals surface area (Å²) in [6.07, 6.45) is 1.90. The smallest absolute Gasteiger partial charge is 0.337 e. The summed E-state index contributed by atoms with van der Waals surface area (Å²) < 4.78 is 7.63. The van der Waals surface area contributed by atoms with Crippen molar-refractivity contribution in [2.75, 3.05) is 6.61 Å². The van der Waals surface area contributed by atoms with Crippen molar-refractivity contribution in [2.45, 2.75) is 32.4 Å². The number of aromatic nitrogens is 1. The number of hydrogen-bond donors (Lipinski definition) is 1. The van der Waals surface area contributed by atoms with E-state index in [9.17, 15) is 9.90 Å². The minimum atomic E-state index is -1.10. The van der Waals surface area contributed by atoms with Crippen molar-refractivity contribution in [3.63, 3.8) is 0 Å². The first-order chi connectivity index (χ1) is 9.79. The first-order valence-electron chi connectivity index (χ1n) is 7.19. The van der Waals surface area contributed by atoms with Gasteiger partial charge < -0.3 is 14.4 Å². The highest BCUT2D eigenvalue weighted by Gasteiger charge is 2.15. The Kier molecular flexibility index (Phi) is 4.58. The molecular weight excluding hydrogens is 281 g/mol. The lowest BCUT2D eigenvalue weighted by molar-refractivity contribution is 0.0696. The van der Waals surface area contributed by atoms with E-state index < -0.39 is 14.0 Å². The molecule has 0 atom stereocenters. The number of rotatable bonds is 6. The SMILES string of the molecule is Bc1ccc(C(=O)O)c2c1ccn2COCC[Si](C)(C)C. The van der Waals surface area contributed by atoms with Crippen LogP contribution in [0.15, 0.2) is 24.4 Å². The number of benzene rings is 1. The molecule has 0 fully saturated rings. The predicted molar refractivity (Wildman–Crippen MR) is 91.2 cm³/mol. The van der Waals surface area contributed by atoms with Gasteiger partial charge in [-0.1, -0.05) is 31.2 Å². The zero-order chi connectivity index (χ0) is 15.6. The highest BCUT2D eigenvalue weighted by atomic mass is 28.3. The maximum Gasteiger partial charge on any atom is 0.337 e. The van der Waals surface area contributed by atoms with Crippen LogP contribution in [0.4, 0.5) is 0 Å². The second-order valence-electron chi connectivity index (χ2n) is 6.63. The lowest BCUT2D eigenvalue weighted by Gasteiger charge is -2.16. The molecule has 0 saturated heterocycles. The quantitative estimate of drug-likeness (QED) is 0.655. The molecule has 0 aliphatic carbocycles. The third-order valence-electron chi connectivity index (χ3n) is 3.60. The number of aromatic carboxylic acids is 1. The van der Waals surface area contributed by atoms with Gasteiger partial charge in [0.1, 0.15) is 14.6 Å². The van der Waals surface area contributed by atoms with Crippen molar-refractivity contribution in [3.8, 4) is 0 Å². The molecule has 0 bridgehead atoms. The number of fused-ring (bicyclic) bond motifs is 1. The van der Waals surface area contributed by atoms with Gasteiger partial charge in [0.2, 0.25) is 0 Å². The van der Waals surface area contributed by atoms with E-state index in [1.807, 2.05) is 30.7 Å². The molecule has 1 heterocycles. The van der Waals surface area contributed by atoms with Crippen LogP contribution in [-0.2, 0) is 11.5 Å². The number of carboxylic acid groups (broad SMARTS) is 1. The monoisotopic (exact) mass is 303 g/mol. The molecule has 2 rings (SSSR count). The summed E-state index contributed by atoms with van der Waals surface area (Å²) in [4.78, 5) is 11.4. The van der Waals surface area contributed by atoms with Crippen molar-refractivity contribution in [1.29, 1.82) is 0 Å². The van der Waals surface area contributed by atoms with E-state index >= 15 is 0 Å². The van der Waals surface area contributed by atoms with Gasteiger partial charge in [0, 0.05) is 20.9 Å². The average Bonchev–Trinajstić information content (AvgIpc) is 2.78. The van der Waals surface area contributed by atoms with E-state index in [0.29, 0.717) is 12.3 Å². The summed E-state index contributed by atoms with van der Waals surface area (Å²) in [5, 5.41) is 10.3. The third-order valence-corrected chi connectivity index (χ3v) is 5.30. The molecule has 0 saturated carbocycles. The minimum Gasteiger partial charge on any atom is -0.478 e. The Bertz CT molecular complexity index is 661. The van der Waals surface area contributed by atoms with Crippen molar-refractivity contribution < 1.29 is 14.6 Å². The number of carboxylic acids is 1. The molecule has 6 heteroatoms. The average molecular weight is 303 g/mol. The summed E-state index contributed by atoms with van der Waals surface area (Å²) in [6, 6.07) is 6.58. The van der Waals surface area contributed by atoms with E-state index in [4.69, 9.17) is 4.74 Å². The standard InChI is InChI=1S/C15H22BNO3Si/c1-21(2,3)9-8-20-10-17-7-6-11-13(16)5-4-12(14(11)17)15(18)19/h4-7H,8-10,16H2,1-3H3,(H,18,19). The first kappa shape index (κ1) is 15.9. The molecule has 21 heavy (non-hydrogen) atoms. The fourth-order valence-electron chi connectivity index (χ4n) is 2.29. The molecule has 1 aromatic heterocycles. The van der Waals surface area contributed by atoms with Gasteiger partial charge in [0.05, 0.1) is 11.1 Å². The fourth-order valence-corrected chi connectivity index (χ4v) is 3.05. The molecular formula is C15H22BNO3Si. The molecule has 0 aliphatic heterocycles. The van der Waals surface area contributed by atoms with Crippen molar-refractivity contribution in [1.82, 2.24) is 4.57 Å². The Morgan fingerprint density at radius 1 is 1.33 bits per heavy atom. The van der Waals surface area contributed by atoms with Crippen LogP contribution in [0.1, 0.15) is 10.4 Å². The normalized spacial score (nSPS) is 12.0. The number of ether oxygens (including phenoxy) is 1. The van der Waals surface area contributed by atoms with E-state index in [2.05, 4.69) is 19.6 Å². The summed E-state index contributed by atoms with van der Waals surface area (Å²) in [6.45, 7) is 8.06. The van der Waals surface area contributed by atoms with Crippen LogP contribution >= 0.6 is 0 Å². The molecule has 0 aliphatic rings. The molecule has 4 nitrogen and oxygen atoms in total. The third kappa shape index (κ3) is 3.77. The second-order valence-corrected chi connectivity index (χ2v) is 12.3. The lowest BCUT2D eigenvalue weighted by Crippen LogP contribution is -2.22. The van der Waals surface area contributed by atoms with Gasteiger partial charge in [0.15, 0.2) is 0 Å². The van der Waals surface area contributed by atoms with E-state index in [-0.39, 0.29) is 0 Å². The Morgan fingerprint density at radius 3 is 2.67 bits per heavy atom. The van der Waals surface area contributed by atoms with Crippen LogP contribution < -0.4 is 5.46 Å². The highest BCUT2D eigenvalue weighted by Crippen LogP contribution is 2.19. The highest BCUT2D eigenvalue weighted by molar-refractivity contribution is 6.76. The number of carbonyl (C=O) groups is 1. The summed E-state index contributed by atoms with van der Waals surface area (Å²) in [5.41, 5.74) is 2.15. The van der Waals surface area contributed by atoms with Crippen LogP contribution in [0.3, 0.4) is 0 Å². The molecule has 112 valence electrons. The van der Waals surface area contributed by atoms with Gasteiger partial charge in [-0.2, -0.15) is 0 Å². The molecule has 0 amide bonds. The fraction of sp³-hybridized carbons (Fsp3) is 0.400. The summed E-state index contributed by atoms with van der Waals surface area (Å²) in [5.74, 6) is -0.901. The molecule has 2 aromatic rings. The maximum atomic E-state index is 11.4. The molecule has 0 spiro atoms. The molecule has 1 N–H and O–H groups in total. The van der Waals surface area contributed by atoms with Crippen LogP contribution in [-0.4, -0.2) is 38.2 Å². The van der Waals surface area contributed by atoms with Gasteiger partial charge in [0.25, 0.3) is 0 Å². The first-order valence-corrected chi connectivity index (χ1v) is 10.9. The van der Waals surface area contributed by atoms with Gasteiger partial charge in [-0.05, 0) is 23.6 Å². The van der Waals surface area contributed by atoms with Gasteiger partial charge in [-0.3, -0.25) is 0 Å². The van der Waals surface area contributed by atoms with E-state index in [0.717, 1.165) is 29.0 Å². The maximum absolute atomic E-state index is 11.4. The lowest BCUT2D eigenvalue weighted by atomic mass is 9.91. The van der Waals surface area contributed by atoms with E-state index in [1.165, 1.54) is 0 Å². The summed E-state index contributed by atoms with van der Waals surface area (Å²) in [7, 11) is 0.891. The zero-order valence-electron chi connectivity index (χ0n) is 13.1. The van der Waals surface area contributed by atoms with Crippen LogP contribution in [0.5, 0.6) is 0 Å². The second kappa shape index (κ2) is 6.07. The Balaban J connectivity index is 2.21. The Hall–Kier alpha value is -1.53. The minimum absolute atomic E-state index is 0.328. The topological polar surface area (TPSA) is 51.5 Å². The van der Waals surface area contributed by atoms with Gasteiger partial charge >= 0.3 is 5.97 Å². The number of hydrogen-bond acceptors (Lipinski definition) is 2. The van der Waals surface area contributed by atoms with Gasteiger partial charge in [-0.15, -0.1) is 0 Å². The molecule has 0 unspecified atom stereocenters. The van der Waals surface area contributed by atoms with Crippen LogP contribution in [0.2, 0.25) is 25.7 Å². The largest absolute Gasteiger partial charge is 0.478 e.